The summed E-state index contributed by atoms with van der Waals surface area (Å²) in [6.07, 6.45) is 0.830. The number of aryl methyl sites for hydroxylation is 1. The maximum Gasteiger partial charge on any atom is 0.306 e. The highest BCUT2D eigenvalue weighted by molar-refractivity contribution is 5.97. The molecule has 0 atom stereocenters. The molecule has 0 unspecified atom stereocenters. The standard InChI is InChI=1S/C21H19FN2O4/c1-2-14-3-5-16(6-4-14)21-23-19(28-24-21)13-27-20(26)12-11-18(25)15-7-9-17(22)10-8-15/h3-10H,2,11-13H2,1H3. The topological polar surface area (TPSA) is 82.3 Å². The second kappa shape index (κ2) is 9.03. The zero-order valence-electron chi connectivity index (χ0n) is 15.4. The van der Waals surface area contributed by atoms with Crippen LogP contribution in [-0.2, 0) is 22.6 Å². The van der Waals surface area contributed by atoms with Gasteiger partial charge in [-0.05, 0) is 36.2 Å². The van der Waals surface area contributed by atoms with Crippen LogP contribution in [0, 0.1) is 5.82 Å². The zero-order valence-corrected chi connectivity index (χ0v) is 15.4. The number of ketones is 1. The van der Waals surface area contributed by atoms with Gasteiger partial charge < -0.3 is 9.26 Å². The molecule has 3 rings (SSSR count). The molecule has 7 heteroatoms. The monoisotopic (exact) mass is 382 g/mol. The van der Waals surface area contributed by atoms with E-state index in [0.717, 1.165) is 12.0 Å². The lowest BCUT2D eigenvalue weighted by atomic mass is 10.1. The minimum atomic E-state index is -0.553. The molecule has 6 nitrogen and oxygen atoms in total. The van der Waals surface area contributed by atoms with Crippen LogP contribution in [0.4, 0.5) is 4.39 Å². The maximum atomic E-state index is 12.9. The first-order valence-corrected chi connectivity index (χ1v) is 8.91. The van der Waals surface area contributed by atoms with Crippen molar-refractivity contribution >= 4 is 11.8 Å². The molecule has 3 aromatic rings. The van der Waals surface area contributed by atoms with Gasteiger partial charge in [0.05, 0.1) is 6.42 Å². The van der Waals surface area contributed by atoms with Crippen LogP contribution in [0.1, 0.15) is 41.6 Å². The second-order valence-electron chi connectivity index (χ2n) is 6.15. The summed E-state index contributed by atoms with van der Waals surface area (Å²) in [6, 6.07) is 13.0. The predicted octanol–water partition coefficient (Wildman–Crippen LogP) is 4.14. The summed E-state index contributed by atoms with van der Waals surface area (Å²) in [7, 11) is 0. The van der Waals surface area contributed by atoms with Gasteiger partial charge in [0.25, 0.3) is 5.89 Å². The van der Waals surface area contributed by atoms with E-state index in [1.54, 1.807) is 0 Å². The summed E-state index contributed by atoms with van der Waals surface area (Å²) < 4.78 is 23.0. The fourth-order valence-electron chi connectivity index (χ4n) is 2.53. The molecular formula is C21H19FN2O4. The van der Waals surface area contributed by atoms with Crippen molar-refractivity contribution in [2.45, 2.75) is 32.8 Å². The molecule has 28 heavy (non-hydrogen) atoms. The normalized spacial score (nSPS) is 10.6. The Kier molecular flexibility index (Phi) is 6.26. The average Bonchev–Trinajstić information content (AvgIpc) is 3.20. The fraction of sp³-hybridized carbons (Fsp3) is 0.238. The van der Waals surface area contributed by atoms with E-state index in [4.69, 9.17) is 9.26 Å². The van der Waals surface area contributed by atoms with E-state index in [9.17, 15) is 14.0 Å². The van der Waals surface area contributed by atoms with Gasteiger partial charge in [-0.2, -0.15) is 4.98 Å². The van der Waals surface area contributed by atoms with Crippen molar-refractivity contribution in [1.82, 2.24) is 10.1 Å². The molecule has 0 spiro atoms. The Bertz CT molecular complexity index is 949. The number of benzene rings is 2. The van der Waals surface area contributed by atoms with Crippen molar-refractivity contribution < 1.29 is 23.2 Å². The van der Waals surface area contributed by atoms with Crippen molar-refractivity contribution in [3.63, 3.8) is 0 Å². The number of aromatic nitrogens is 2. The Morgan fingerprint density at radius 3 is 2.43 bits per heavy atom. The van der Waals surface area contributed by atoms with Gasteiger partial charge in [-0.15, -0.1) is 0 Å². The van der Waals surface area contributed by atoms with Gasteiger partial charge in [0.2, 0.25) is 5.82 Å². The molecule has 0 saturated carbocycles. The molecule has 1 aromatic heterocycles. The molecule has 0 N–H and O–H groups in total. The number of Topliss-reactive ketones (excluding diaryl/α,β-unsaturated/α-hetero) is 1. The number of hydrogen-bond acceptors (Lipinski definition) is 6. The van der Waals surface area contributed by atoms with E-state index in [0.29, 0.717) is 11.4 Å². The van der Waals surface area contributed by atoms with Crippen molar-refractivity contribution in [2.24, 2.45) is 0 Å². The van der Waals surface area contributed by atoms with Gasteiger partial charge in [-0.25, -0.2) is 4.39 Å². The number of hydrogen-bond donors (Lipinski definition) is 0. The second-order valence-corrected chi connectivity index (χ2v) is 6.15. The van der Waals surface area contributed by atoms with E-state index in [1.807, 2.05) is 24.3 Å². The maximum absolute atomic E-state index is 12.9. The van der Waals surface area contributed by atoms with Crippen LogP contribution in [0.25, 0.3) is 11.4 Å². The lowest BCUT2D eigenvalue weighted by Gasteiger charge is -2.02. The van der Waals surface area contributed by atoms with Gasteiger partial charge >= 0.3 is 5.97 Å². The first kappa shape index (κ1) is 19.4. The van der Waals surface area contributed by atoms with Gasteiger partial charge in [0, 0.05) is 17.5 Å². The third-order valence-electron chi connectivity index (χ3n) is 4.17. The molecule has 0 aliphatic carbocycles. The largest absolute Gasteiger partial charge is 0.456 e. The van der Waals surface area contributed by atoms with Gasteiger partial charge in [0.15, 0.2) is 12.4 Å². The molecule has 0 aliphatic heterocycles. The minimum Gasteiger partial charge on any atom is -0.456 e. The molecule has 2 aromatic carbocycles. The van der Waals surface area contributed by atoms with Crippen LogP contribution in [0.5, 0.6) is 0 Å². The Morgan fingerprint density at radius 2 is 1.75 bits per heavy atom. The SMILES string of the molecule is CCc1ccc(-c2noc(COC(=O)CCC(=O)c3ccc(F)cc3)n2)cc1. The van der Waals surface area contributed by atoms with Gasteiger partial charge in [-0.3, -0.25) is 9.59 Å². The van der Waals surface area contributed by atoms with Crippen molar-refractivity contribution in [3.05, 3.63) is 71.4 Å². The van der Waals surface area contributed by atoms with Crippen LogP contribution in [0.2, 0.25) is 0 Å². The number of carbonyl (C=O) groups is 2. The van der Waals surface area contributed by atoms with E-state index in [2.05, 4.69) is 17.1 Å². The Balaban J connectivity index is 1.47. The van der Waals surface area contributed by atoms with Crippen LogP contribution in [0.3, 0.4) is 0 Å². The minimum absolute atomic E-state index is 0.0245. The third-order valence-corrected chi connectivity index (χ3v) is 4.17. The number of esters is 1. The summed E-state index contributed by atoms with van der Waals surface area (Å²) in [6.45, 7) is 1.91. The Hall–Kier alpha value is -3.35. The summed E-state index contributed by atoms with van der Waals surface area (Å²) in [5, 5.41) is 3.88. The quantitative estimate of drug-likeness (QED) is 0.430. The lowest BCUT2D eigenvalue weighted by molar-refractivity contribution is -0.145. The smallest absolute Gasteiger partial charge is 0.306 e. The predicted molar refractivity (Wildman–Crippen MR) is 98.9 cm³/mol. The summed E-state index contributed by atoms with van der Waals surface area (Å²) in [5.41, 5.74) is 2.37. The average molecular weight is 382 g/mol. The van der Waals surface area contributed by atoms with Crippen molar-refractivity contribution in [1.29, 1.82) is 0 Å². The van der Waals surface area contributed by atoms with Gasteiger partial charge in [0.1, 0.15) is 5.82 Å². The van der Waals surface area contributed by atoms with E-state index in [1.165, 1.54) is 29.8 Å². The van der Waals surface area contributed by atoms with Crippen LogP contribution in [0.15, 0.2) is 53.1 Å². The number of ether oxygens (including phenoxy) is 1. The highest BCUT2D eigenvalue weighted by Gasteiger charge is 2.13. The molecule has 0 radical (unpaired) electrons. The van der Waals surface area contributed by atoms with E-state index in [-0.39, 0.29) is 31.1 Å². The van der Waals surface area contributed by atoms with Crippen LogP contribution in [-0.4, -0.2) is 21.9 Å². The van der Waals surface area contributed by atoms with E-state index < -0.39 is 11.8 Å². The molecular weight excluding hydrogens is 363 g/mol. The number of nitrogens with zero attached hydrogens (tertiary/aromatic N) is 2. The van der Waals surface area contributed by atoms with Crippen molar-refractivity contribution in [2.75, 3.05) is 0 Å². The first-order valence-electron chi connectivity index (χ1n) is 8.91. The molecule has 0 aliphatic rings. The van der Waals surface area contributed by atoms with Crippen molar-refractivity contribution in [3.8, 4) is 11.4 Å². The Labute approximate surface area is 161 Å². The zero-order chi connectivity index (χ0) is 19.9. The summed E-state index contributed by atoms with van der Waals surface area (Å²) in [5.74, 6) is -0.640. The molecule has 144 valence electrons. The molecule has 0 bridgehead atoms. The highest BCUT2D eigenvalue weighted by Crippen LogP contribution is 2.17. The molecule has 0 amide bonds. The van der Waals surface area contributed by atoms with Crippen LogP contribution >= 0.6 is 0 Å². The molecule has 1 heterocycles. The Morgan fingerprint density at radius 1 is 1.04 bits per heavy atom. The van der Waals surface area contributed by atoms with Gasteiger partial charge in [-0.1, -0.05) is 36.3 Å². The third kappa shape index (κ3) is 5.09. The fourth-order valence-corrected chi connectivity index (χ4v) is 2.53. The number of halogens is 1. The number of carbonyl (C=O) groups excluding carboxylic acids is 2. The molecule has 0 fully saturated rings. The lowest BCUT2D eigenvalue weighted by Crippen LogP contribution is -2.08. The molecule has 0 saturated heterocycles. The van der Waals surface area contributed by atoms with E-state index >= 15 is 0 Å². The summed E-state index contributed by atoms with van der Waals surface area (Å²) >= 11 is 0. The first-order chi connectivity index (χ1) is 13.5. The summed E-state index contributed by atoms with van der Waals surface area (Å²) in [4.78, 5) is 28.0. The van der Waals surface area contributed by atoms with Crippen LogP contribution < -0.4 is 0 Å². The highest BCUT2D eigenvalue weighted by atomic mass is 19.1. The number of rotatable bonds is 8.